The van der Waals surface area contributed by atoms with Gasteiger partial charge in [-0.15, -0.1) is 0 Å². The number of nitrogens with zero attached hydrogens (tertiary/aromatic N) is 2. The van der Waals surface area contributed by atoms with Crippen molar-refractivity contribution in [3.8, 4) is 17.2 Å². The number of para-hydroxylation sites is 1. The van der Waals surface area contributed by atoms with Crippen molar-refractivity contribution in [2.45, 2.75) is 0 Å². The van der Waals surface area contributed by atoms with Crippen molar-refractivity contribution in [2.24, 2.45) is 10.2 Å². The first-order valence-corrected chi connectivity index (χ1v) is 14.0. The third-order valence-corrected chi connectivity index (χ3v) is 8.62. The van der Waals surface area contributed by atoms with Crippen LogP contribution in [0.4, 0.5) is 0 Å². The van der Waals surface area contributed by atoms with Crippen LogP contribution in [0.2, 0.25) is 0 Å². The summed E-state index contributed by atoms with van der Waals surface area (Å²) in [6, 6.07) is 42.9. The number of phenolic OH excluding ortho intramolecular Hbond substituents is 1. The molecule has 41 heavy (non-hydrogen) atoms. The average molecular weight is 654 g/mol. The van der Waals surface area contributed by atoms with Crippen LogP contribution >= 0.6 is 7.92 Å². The van der Waals surface area contributed by atoms with Gasteiger partial charge in [0.2, 0.25) is 0 Å². The van der Waals surface area contributed by atoms with Gasteiger partial charge in [-0.25, -0.2) is 0 Å². The van der Waals surface area contributed by atoms with Gasteiger partial charge in [-0.05, 0) is 60.2 Å². The molecule has 0 saturated carbocycles. The molecule has 208 valence electrons. The molecule has 0 saturated heterocycles. The van der Waals surface area contributed by atoms with Crippen LogP contribution in [0.15, 0.2) is 144 Å². The number of hydrogen-bond donors (Lipinski definition) is 1. The summed E-state index contributed by atoms with van der Waals surface area (Å²) in [4.78, 5) is 0. The van der Waals surface area contributed by atoms with E-state index in [0.717, 1.165) is 0 Å². The minimum absolute atomic E-state index is 0. The summed E-state index contributed by atoms with van der Waals surface area (Å²) in [6.45, 7) is 0. The molecule has 0 unspecified atom stereocenters. The largest absolute Gasteiger partial charge is 2.00 e. The van der Waals surface area contributed by atoms with Crippen molar-refractivity contribution in [1.82, 2.24) is 0 Å². The van der Waals surface area contributed by atoms with Gasteiger partial charge in [0.15, 0.2) is 0 Å². The van der Waals surface area contributed by atoms with Crippen LogP contribution in [0.25, 0.3) is 0 Å². The molecular formula is C33H28N2O4PPd+. The molecule has 0 heterocycles. The second-order valence-corrected chi connectivity index (χ2v) is 11.0. The second kappa shape index (κ2) is 16.1. The Kier molecular flexibility index (Phi) is 12.3. The Bertz CT molecular complexity index is 1470. The SMILES string of the molecule is COc1ccc(/C=N/N=C(\[O-])c2ccccc2O)c([O-])c1.[Pd+2].c1ccc([PH+](c2ccccc2)c2ccccc2)cc1. The van der Waals surface area contributed by atoms with Gasteiger partial charge in [-0.3, -0.25) is 0 Å². The summed E-state index contributed by atoms with van der Waals surface area (Å²) in [5.74, 6) is -0.705. The molecule has 0 bridgehead atoms. The fourth-order valence-electron chi connectivity index (χ4n) is 3.91. The maximum atomic E-state index is 11.7. The topological polar surface area (TPSA) is 100 Å². The fraction of sp³-hybridized carbons (Fsp3) is 0.0303. The van der Waals surface area contributed by atoms with Gasteiger partial charge in [-0.2, -0.15) is 10.2 Å². The van der Waals surface area contributed by atoms with Crippen molar-refractivity contribution < 1.29 is 40.5 Å². The van der Waals surface area contributed by atoms with E-state index in [1.54, 1.807) is 18.2 Å². The Morgan fingerprint density at radius 2 is 1.22 bits per heavy atom. The molecule has 0 atom stereocenters. The maximum Gasteiger partial charge on any atom is 2.00 e. The maximum absolute atomic E-state index is 11.7. The van der Waals surface area contributed by atoms with Crippen LogP contribution in [0.1, 0.15) is 11.1 Å². The van der Waals surface area contributed by atoms with E-state index in [-0.39, 0.29) is 43.0 Å². The van der Waals surface area contributed by atoms with Crippen molar-refractivity contribution >= 4 is 35.9 Å². The quantitative estimate of drug-likeness (QED) is 0.0950. The van der Waals surface area contributed by atoms with E-state index in [1.807, 2.05) is 0 Å². The van der Waals surface area contributed by atoms with Gasteiger partial charge in [0.25, 0.3) is 0 Å². The molecule has 0 radical (unpaired) electrons. The number of ether oxygens (including phenoxy) is 1. The zero-order chi connectivity index (χ0) is 28.2. The van der Waals surface area contributed by atoms with E-state index < -0.39 is 13.8 Å². The van der Waals surface area contributed by atoms with Crippen molar-refractivity contribution in [3.05, 3.63) is 145 Å². The molecule has 1 N–H and O–H groups in total. The van der Waals surface area contributed by atoms with Crippen LogP contribution in [0, 0.1) is 0 Å². The number of hydrogen-bond acceptors (Lipinski definition) is 6. The van der Waals surface area contributed by atoms with Crippen molar-refractivity contribution in [3.63, 3.8) is 0 Å². The zero-order valence-electron chi connectivity index (χ0n) is 22.2. The Morgan fingerprint density at radius 3 is 1.68 bits per heavy atom. The van der Waals surface area contributed by atoms with Crippen molar-refractivity contribution in [2.75, 3.05) is 7.11 Å². The normalized spacial score (nSPS) is 10.9. The molecule has 0 aliphatic carbocycles. The Balaban J connectivity index is 0.000000221. The molecular weight excluding hydrogens is 626 g/mol. The average Bonchev–Trinajstić information content (AvgIpc) is 3.00. The summed E-state index contributed by atoms with van der Waals surface area (Å²) >= 11 is 0. The number of benzene rings is 5. The predicted molar refractivity (Wildman–Crippen MR) is 161 cm³/mol. The van der Waals surface area contributed by atoms with Gasteiger partial charge in [0.1, 0.15) is 27.4 Å². The molecule has 5 aromatic rings. The summed E-state index contributed by atoms with van der Waals surface area (Å²) in [5, 5.41) is 44.2. The first-order valence-electron chi connectivity index (χ1n) is 12.5. The molecule has 0 aliphatic rings. The van der Waals surface area contributed by atoms with E-state index in [0.29, 0.717) is 5.75 Å². The summed E-state index contributed by atoms with van der Waals surface area (Å²) in [6.07, 6.45) is 1.18. The summed E-state index contributed by atoms with van der Waals surface area (Å²) < 4.78 is 4.91. The molecule has 6 nitrogen and oxygen atoms in total. The van der Waals surface area contributed by atoms with Gasteiger partial charge < -0.3 is 20.1 Å². The van der Waals surface area contributed by atoms with Crippen LogP contribution < -0.4 is 30.9 Å². The van der Waals surface area contributed by atoms with Crippen LogP contribution in [-0.4, -0.2) is 24.3 Å². The molecule has 0 aliphatic heterocycles. The Labute approximate surface area is 254 Å². The Hall–Kier alpha value is -4.27. The van der Waals surface area contributed by atoms with E-state index >= 15 is 0 Å². The number of phenols is 1. The second-order valence-electron chi connectivity index (χ2n) is 8.54. The van der Waals surface area contributed by atoms with Gasteiger partial charge >= 0.3 is 20.4 Å². The number of aromatic hydroxyl groups is 1. The van der Waals surface area contributed by atoms with Gasteiger partial charge in [-0.1, -0.05) is 84.6 Å². The fourth-order valence-corrected chi connectivity index (χ4v) is 6.49. The molecule has 5 rings (SSSR count). The molecule has 8 heteroatoms. The Morgan fingerprint density at radius 1 is 0.732 bits per heavy atom. The molecule has 0 spiro atoms. The number of rotatable bonds is 7. The van der Waals surface area contributed by atoms with Crippen LogP contribution in [-0.2, 0) is 20.4 Å². The van der Waals surface area contributed by atoms with E-state index in [1.165, 1.54) is 53.5 Å². The molecule has 5 aromatic carbocycles. The van der Waals surface area contributed by atoms with Gasteiger partial charge in [0, 0.05) is 11.5 Å². The zero-order valence-corrected chi connectivity index (χ0v) is 24.7. The minimum Gasteiger partial charge on any atom is -0.872 e. The van der Waals surface area contributed by atoms with Crippen LogP contribution in [0.5, 0.6) is 17.2 Å². The predicted octanol–water partition coefficient (Wildman–Crippen LogP) is 3.79. The smallest absolute Gasteiger partial charge is 0.872 e. The van der Waals surface area contributed by atoms with Crippen LogP contribution in [0.3, 0.4) is 0 Å². The summed E-state index contributed by atoms with van der Waals surface area (Å²) in [7, 11) is 0.584. The third kappa shape index (κ3) is 8.86. The standard InChI is InChI=1S/C18H15P.C15H14N2O4.Pd/c1-4-10-16(11-5-1)19(17-12-6-2-7-13-17)18-14-8-3-9-15-18;1-21-11-7-6-10(14(19)8-11)9-16-17-15(20)12-4-2-3-5-13(12)18;/h1-15H;2-9,18-19H,1H3,(H,17,20);/q;;+2/p-1/b;16-9+;. The number of methoxy groups -OCH3 is 1. The monoisotopic (exact) mass is 653 g/mol. The molecule has 0 fully saturated rings. The first-order chi connectivity index (χ1) is 19.6. The summed E-state index contributed by atoms with van der Waals surface area (Å²) in [5.41, 5.74) is 0.330. The molecule has 0 aromatic heterocycles. The minimum atomic E-state index is -0.877. The van der Waals surface area contributed by atoms with E-state index in [9.17, 15) is 15.3 Å². The third-order valence-electron chi connectivity index (χ3n) is 5.89. The molecule has 0 amide bonds. The van der Waals surface area contributed by atoms with Gasteiger partial charge in [0.05, 0.1) is 21.2 Å². The van der Waals surface area contributed by atoms with Crippen molar-refractivity contribution in [1.29, 1.82) is 0 Å². The first kappa shape index (κ1) is 31.3. The van der Waals surface area contributed by atoms with E-state index in [2.05, 4.69) is 101 Å². The van der Waals surface area contributed by atoms with E-state index in [4.69, 9.17) is 4.74 Å².